The molecule has 1 nitrogen and oxygen atoms in total. The Kier molecular flexibility index (Phi) is 4.39. The maximum Gasteiger partial charge on any atom is 0.169 e. The van der Waals surface area contributed by atoms with Crippen molar-refractivity contribution in [3.05, 3.63) is 28.0 Å². The predicted octanol–water partition coefficient (Wildman–Crippen LogP) is 3.75. The van der Waals surface area contributed by atoms with Crippen LogP contribution in [-0.4, -0.2) is 11.1 Å². The van der Waals surface area contributed by atoms with E-state index in [0.29, 0.717) is 0 Å². The summed E-state index contributed by atoms with van der Waals surface area (Å²) in [4.78, 5) is 12.9. The van der Waals surface area contributed by atoms with Gasteiger partial charge in [0.05, 0.1) is 4.88 Å². The molecular weight excluding hydrogens is 248 g/mol. The van der Waals surface area contributed by atoms with Gasteiger partial charge in [-0.3, -0.25) is 4.79 Å². The Morgan fingerprint density at radius 2 is 2.38 bits per heavy atom. The van der Waals surface area contributed by atoms with Crippen LogP contribution in [0.3, 0.4) is 0 Å². The van der Waals surface area contributed by atoms with E-state index in [4.69, 9.17) is 0 Å². The topological polar surface area (TPSA) is 17.1 Å². The first kappa shape index (κ1) is 10.7. The van der Waals surface area contributed by atoms with Crippen LogP contribution in [0.25, 0.3) is 6.08 Å². The molecule has 0 unspecified atom stereocenters. The van der Waals surface area contributed by atoms with Crippen LogP contribution < -0.4 is 0 Å². The number of thiophene rings is 1. The third-order valence-electron chi connectivity index (χ3n) is 1.53. The van der Waals surface area contributed by atoms with Gasteiger partial charge in [0.2, 0.25) is 0 Å². The van der Waals surface area contributed by atoms with Gasteiger partial charge in [-0.2, -0.15) is 0 Å². The molecule has 1 rings (SSSR count). The summed E-state index contributed by atoms with van der Waals surface area (Å²) in [5.74, 6) is 0.144. The molecule has 1 aromatic heterocycles. The van der Waals surface area contributed by atoms with E-state index >= 15 is 0 Å². The van der Waals surface area contributed by atoms with Gasteiger partial charge in [0.15, 0.2) is 5.78 Å². The van der Waals surface area contributed by atoms with Gasteiger partial charge in [0.1, 0.15) is 0 Å². The highest BCUT2D eigenvalue weighted by atomic mass is 79.9. The summed E-state index contributed by atoms with van der Waals surface area (Å²) in [7, 11) is 0. The minimum absolute atomic E-state index is 0.144. The van der Waals surface area contributed by atoms with E-state index in [9.17, 15) is 4.79 Å². The lowest BCUT2D eigenvalue weighted by Crippen LogP contribution is -1.83. The van der Waals surface area contributed by atoms with Gasteiger partial charge in [-0.25, -0.2) is 0 Å². The number of carbonyl (C=O) groups is 1. The first-order valence-corrected chi connectivity index (χ1v) is 6.01. The fourth-order valence-electron chi connectivity index (χ4n) is 0.894. The molecule has 1 aromatic rings. The van der Waals surface area contributed by atoms with Crippen LogP contribution in [0.5, 0.6) is 0 Å². The average molecular weight is 259 g/mol. The van der Waals surface area contributed by atoms with Crippen molar-refractivity contribution in [2.75, 3.05) is 5.33 Å². The minimum atomic E-state index is 0.144. The standard InChI is InChI=1S/C10H11BrOS/c1-8(12)10-6-5-9(13-10)4-2-3-7-11/h2,4-6H,3,7H2,1H3. The van der Waals surface area contributed by atoms with E-state index in [1.54, 1.807) is 6.92 Å². The van der Waals surface area contributed by atoms with E-state index < -0.39 is 0 Å². The molecule has 0 aliphatic carbocycles. The lowest BCUT2D eigenvalue weighted by atomic mass is 10.3. The van der Waals surface area contributed by atoms with E-state index in [-0.39, 0.29) is 5.78 Å². The van der Waals surface area contributed by atoms with Crippen LogP contribution in [0.1, 0.15) is 27.9 Å². The van der Waals surface area contributed by atoms with Gasteiger partial charge >= 0.3 is 0 Å². The van der Waals surface area contributed by atoms with Crippen LogP contribution in [0.2, 0.25) is 0 Å². The molecule has 0 spiro atoms. The number of alkyl halides is 1. The summed E-state index contributed by atoms with van der Waals surface area (Å²) in [5.41, 5.74) is 0. The van der Waals surface area contributed by atoms with Crippen molar-refractivity contribution in [1.82, 2.24) is 0 Å². The molecule has 0 fully saturated rings. The summed E-state index contributed by atoms with van der Waals surface area (Å²) in [5, 5.41) is 0.981. The summed E-state index contributed by atoms with van der Waals surface area (Å²) in [6.07, 6.45) is 5.18. The average Bonchev–Trinajstić information content (AvgIpc) is 2.53. The molecule has 0 bridgehead atoms. The third kappa shape index (κ3) is 3.44. The van der Waals surface area contributed by atoms with Gasteiger partial charge in [0, 0.05) is 10.2 Å². The molecule has 3 heteroatoms. The summed E-state index contributed by atoms with van der Waals surface area (Å²) in [6, 6.07) is 3.85. The number of rotatable bonds is 4. The van der Waals surface area contributed by atoms with E-state index in [2.05, 4.69) is 28.1 Å². The molecule has 0 radical (unpaired) electrons. The van der Waals surface area contributed by atoms with Crippen molar-refractivity contribution in [3.63, 3.8) is 0 Å². The van der Waals surface area contributed by atoms with Crippen LogP contribution in [0, 0.1) is 0 Å². The monoisotopic (exact) mass is 258 g/mol. The fourth-order valence-corrected chi connectivity index (χ4v) is 1.99. The second kappa shape index (κ2) is 5.35. The SMILES string of the molecule is CC(=O)c1ccc(C=CCCBr)s1. The van der Waals surface area contributed by atoms with E-state index in [0.717, 1.165) is 21.5 Å². The Labute approximate surface area is 90.6 Å². The smallest absolute Gasteiger partial charge is 0.169 e. The lowest BCUT2D eigenvalue weighted by Gasteiger charge is -1.84. The molecule has 0 amide bonds. The zero-order chi connectivity index (χ0) is 9.68. The van der Waals surface area contributed by atoms with Crippen molar-refractivity contribution in [2.45, 2.75) is 13.3 Å². The Hall–Kier alpha value is -0.410. The number of Topliss-reactive ketones (excluding diaryl/α,β-unsaturated/α-hetero) is 1. The molecule has 70 valence electrons. The first-order chi connectivity index (χ1) is 6.24. The Balaban J connectivity index is 2.64. The van der Waals surface area contributed by atoms with Crippen molar-refractivity contribution >= 4 is 39.1 Å². The van der Waals surface area contributed by atoms with Gasteiger partial charge in [-0.1, -0.05) is 22.0 Å². The first-order valence-electron chi connectivity index (χ1n) is 4.07. The van der Waals surface area contributed by atoms with Crippen molar-refractivity contribution in [3.8, 4) is 0 Å². The van der Waals surface area contributed by atoms with E-state index in [1.165, 1.54) is 11.3 Å². The molecule has 0 saturated carbocycles. The number of hydrogen-bond donors (Lipinski definition) is 0. The van der Waals surface area contributed by atoms with Gasteiger partial charge in [-0.05, 0) is 31.6 Å². The van der Waals surface area contributed by atoms with Crippen LogP contribution in [-0.2, 0) is 0 Å². The second-order valence-corrected chi connectivity index (χ2v) is 4.55. The molecule has 0 aliphatic heterocycles. The molecule has 0 aromatic carbocycles. The van der Waals surface area contributed by atoms with Crippen LogP contribution in [0.4, 0.5) is 0 Å². The maximum absolute atomic E-state index is 11.0. The lowest BCUT2D eigenvalue weighted by molar-refractivity contribution is 0.102. The Bertz CT molecular complexity index is 314. The number of allylic oxidation sites excluding steroid dienone is 1. The molecule has 1 heterocycles. The highest BCUT2D eigenvalue weighted by molar-refractivity contribution is 9.09. The molecule has 0 N–H and O–H groups in total. The minimum Gasteiger partial charge on any atom is -0.294 e. The molecule has 0 atom stereocenters. The fraction of sp³-hybridized carbons (Fsp3) is 0.300. The van der Waals surface area contributed by atoms with Crippen molar-refractivity contribution in [1.29, 1.82) is 0 Å². The highest BCUT2D eigenvalue weighted by Gasteiger charge is 2.00. The van der Waals surface area contributed by atoms with Gasteiger partial charge < -0.3 is 0 Å². The molecule has 13 heavy (non-hydrogen) atoms. The summed E-state index contributed by atoms with van der Waals surface area (Å²) in [6.45, 7) is 1.60. The molecule has 0 saturated heterocycles. The van der Waals surface area contributed by atoms with Gasteiger partial charge in [0.25, 0.3) is 0 Å². The normalized spacial score (nSPS) is 10.9. The third-order valence-corrected chi connectivity index (χ3v) is 3.14. The number of halogens is 1. The number of carbonyl (C=O) groups excluding carboxylic acids is 1. The van der Waals surface area contributed by atoms with Crippen LogP contribution in [0.15, 0.2) is 18.2 Å². The summed E-state index contributed by atoms with van der Waals surface area (Å²) >= 11 is 4.89. The molecule has 0 aliphatic rings. The second-order valence-electron chi connectivity index (χ2n) is 2.64. The van der Waals surface area contributed by atoms with Crippen molar-refractivity contribution in [2.24, 2.45) is 0 Å². The zero-order valence-electron chi connectivity index (χ0n) is 7.42. The number of hydrogen-bond acceptors (Lipinski definition) is 2. The van der Waals surface area contributed by atoms with E-state index in [1.807, 2.05) is 12.1 Å². The zero-order valence-corrected chi connectivity index (χ0v) is 9.82. The Morgan fingerprint density at radius 1 is 1.62 bits per heavy atom. The molecular formula is C10H11BrOS. The highest BCUT2D eigenvalue weighted by Crippen LogP contribution is 2.18. The summed E-state index contributed by atoms with van der Waals surface area (Å²) < 4.78 is 0. The quantitative estimate of drug-likeness (QED) is 0.594. The Morgan fingerprint density at radius 3 is 2.92 bits per heavy atom. The van der Waals surface area contributed by atoms with Crippen molar-refractivity contribution < 1.29 is 4.79 Å². The number of ketones is 1. The predicted molar refractivity (Wildman–Crippen MR) is 61.8 cm³/mol. The van der Waals surface area contributed by atoms with Crippen LogP contribution >= 0.6 is 27.3 Å². The maximum atomic E-state index is 11.0. The van der Waals surface area contributed by atoms with Gasteiger partial charge in [-0.15, -0.1) is 11.3 Å². The largest absolute Gasteiger partial charge is 0.294 e.